The van der Waals surface area contributed by atoms with Crippen LogP contribution in [0.3, 0.4) is 0 Å². The maximum absolute atomic E-state index is 12.5. The van der Waals surface area contributed by atoms with E-state index < -0.39 is 10.0 Å². The van der Waals surface area contributed by atoms with Gasteiger partial charge >= 0.3 is 0 Å². The summed E-state index contributed by atoms with van der Waals surface area (Å²) in [6.07, 6.45) is 6.98. The van der Waals surface area contributed by atoms with Gasteiger partial charge in [-0.05, 0) is 44.4 Å². The molecule has 2 fully saturated rings. The Morgan fingerprint density at radius 1 is 1.32 bits per heavy atom. The Kier molecular flexibility index (Phi) is 6.38. The van der Waals surface area contributed by atoms with Gasteiger partial charge in [0.25, 0.3) is 0 Å². The van der Waals surface area contributed by atoms with Crippen molar-refractivity contribution < 1.29 is 8.42 Å². The van der Waals surface area contributed by atoms with Crippen LogP contribution >= 0.6 is 0 Å². The molecular weight excluding hydrogens is 414 g/mol. The number of piperidine rings is 1. The van der Waals surface area contributed by atoms with Gasteiger partial charge in [-0.15, -0.1) is 0 Å². The fourth-order valence-corrected chi connectivity index (χ4v) is 5.52. The first-order valence-electron chi connectivity index (χ1n) is 10.6. The van der Waals surface area contributed by atoms with Gasteiger partial charge in [0.15, 0.2) is 11.3 Å². The molecule has 4 rings (SSSR count). The minimum Gasteiger partial charge on any atom is -0.366 e. The van der Waals surface area contributed by atoms with Gasteiger partial charge in [-0.2, -0.15) is 0 Å². The molecule has 2 saturated heterocycles. The number of hydrogen-bond acceptors (Lipinski definition) is 7. The van der Waals surface area contributed by atoms with Crippen LogP contribution in [0.2, 0.25) is 0 Å². The van der Waals surface area contributed by atoms with Crippen LogP contribution in [-0.4, -0.2) is 61.4 Å². The fourth-order valence-electron chi connectivity index (χ4n) is 3.94. The first kappa shape index (κ1) is 21.5. The number of anilines is 2. The monoisotopic (exact) mass is 443 g/mol. The number of aromatic nitrogens is 3. The summed E-state index contributed by atoms with van der Waals surface area (Å²) in [4.78, 5) is 13.4. The second-order valence-corrected chi connectivity index (χ2v) is 9.85. The summed E-state index contributed by atoms with van der Waals surface area (Å²) < 4.78 is 28.2. The maximum atomic E-state index is 12.5. The van der Waals surface area contributed by atoms with Gasteiger partial charge in [0.05, 0.1) is 29.5 Å². The lowest BCUT2D eigenvalue weighted by atomic mass is 10.1. The van der Waals surface area contributed by atoms with Crippen molar-refractivity contribution in [3.8, 4) is 0 Å². The van der Waals surface area contributed by atoms with Crippen LogP contribution in [-0.2, 0) is 10.0 Å². The third-order valence-electron chi connectivity index (χ3n) is 5.62. The summed E-state index contributed by atoms with van der Waals surface area (Å²) >= 11 is 0. The van der Waals surface area contributed by atoms with Crippen molar-refractivity contribution in [1.29, 1.82) is 0 Å². The number of pyridine rings is 1. The summed E-state index contributed by atoms with van der Waals surface area (Å²) in [7, 11) is -1.69. The Hall–Kier alpha value is -2.72. The summed E-state index contributed by atoms with van der Waals surface area (Å²) in [5.74, 6) is 1.30. The smallest absolute Gasteiger partial charge is 0.236 e. The first-order valence-corrected chi connectivity index (χ1v) is 12.2. The molecule has 1 atom stereocenters. The zero-order chi connectivity index (χ0) is 21.8. The summed E-state index contributed by atoms with van der Waals surface area (Å²) in [6, 6.07) is 6.11. The number of rotatable bonds is 5. The molecule has 0 saturated carbocycles. The zero-order valence-corrected chi connectivity index (χ0v) is 18.6. The van der Waals surface area contributed by atoms with Crippen molar-refractivity contribution >= 4 is 27.4 Å². The molecule has 0 bridgehead atoms. The average molecular weight is 444 g/mol. The molecular formula is C21H29N7O2S. The van der Waals surface area contributed by atoms with Crippen LogP contribution in [0.5, 0.6) is 0 Å². The minimum atomic E-state index is -3.36. The van der Waals surface area contributed by atoms with E-state index >= 15 is 0 Å². The third-order valence-corrected chi connectivity index (χ3v) is 7.47. The number of nitrogens with zero attached hydrogens (tertiary/aromatic N) is 5. The van der Waals surface area contributed by atoms with Gasteiger partial charge in [0.2, 0.25) is 10.0 Å². The van der Waals surface area contributed by atoms with E-state index in [4.69, 9.17) is 4.98 Å². The van der Waals surface area contributed by atoms with E-state index in [0.29, 0.717) is 41.7 Å². The predicted molar refractivity (Wildman–Crippen MR) is 122 cm³/mol. The van der Waals surface area contributed by atoms with Crippen molar-refractivity contribution in [2.24, 2.45) is 4.99 Å². The summed E-state index contributed by atoms with van der Waals surface area (Å²) in [5, 5.41) is 6.88. The first-order chi connectivity index (χ1) is 15.0. The fraction of sp³-hybridized carbons (Fsp3) is 0.476. The maximum Gasteiger partial charge on any atom is 0.236 e. The summed E-state index contributed by atoms with van der Waals surface area (Å²) in [5.41, 5.74) is 1.85. The van der Waals surface area contributed by atoms with Crippen LogP contribution < -0.4 is 20.4 Å². The highest BCUT2D eigenvalue weighted by Crippen LogP contribution is 2.22. The van der Waals surface area contributed by atoms with Crippen molar-refractivity contribution in [1.82, 2.24) is 19.9 Å². The van der Waals surface area contributed by atoms with E-state index in [9.17, 15) is 8.42 Å². The minimum absolute atomic E-state index is 0.140. The third kappa shape index (κ3) is 4.80. The highest BCUT2D eigenvalue weighted by atomic mass is 32.2. The van der Waals surface area contributed by atoms with Crippen molar-refractivity contribution in [3.63, 3.8) is 0 Å². The van der Waals surface area contributed by atoms with Crippen LogP contribution in [0, 0.1) is 0 Å². The second kappa shape index (κ2) is 9.19. The van der Waals surface area contributed by atoms with Crippen LogP contribution in [0.4, 0.5) is 11.6 Å². The Balaban J connectivity index is 1.64. The largest absolute Gasteiger partial charge is 0.366 e. The molecule has 166 valence electrons. The molecule has 0 spiro atoms. The lowest BCUT2D eigenvalue weighted by Crippen LogP contribution is -2.39. The number of hydrogen-bond donors (Lipinski definition) is 2. The molecule has 2 N–H and O–H groups in total. The Morgan fingerprint density at radius 2 is 2.19 bits per heavy atom. The molecule has 9 nitrogen and oxygen atoms in total. The van der Waals surface area contributed by atoms with E-state index in [1.807, 2.05) is 18.2 Å². The highest BCUT2D eigenvalue weighted by Gasteiger charge is 2.27. The van der Waals surface area contributed by atoms with Gasteiger partial charge in [0, 0.05) is 26.2 Å². The molecule has 10 heteroatoms. The lowest BCUT2D eigenvalue weighted by Gasteiger charge is -2.27. The van der Waals surface area contributed by atoms with Crippen LogP contribution in [0.15, 0.2) is 42.2 Å². The summed E-state index contributed by atoms with van der Waals surface area (Å²) in [6.45, 7) is 6.62. The van der Waals surface area contributed by atoms with Gasteiger partial charge in [-0.1, -0.05) is 12.6 Å². The van der Waals surface area contributed by atoms with E-state index in [1.54, 1.807) is 24.0 Å². The Labute approximate surface area is 183 Å². The molecule has 31 heavy (non-hydrogen) atoms. The van der Waals surface area contributed by atoms with Crippen LogP contribution in [0.25, 0.3) is 5.70 Å². The molecule has 2 aliphatic rings. The second-order valence-electron chi connectivity index (χ2n) is 7.83. The van der Waals surface area contributed by atoms with Crippen molar-refractivity contribution in [3.05, 3.63) is 48.4 Å². The van der Waals surface area contributed by atoms with E-state index in [1.165, 1.54) is 4.31 Å². The lowest BCUT2D eigenvalue weighted by molar-refractivity contribution is 0.479. The van der Waals surface area contributed by atoms with Gasteiger partial charge in [-0.3, -0.25) is 13.9 Å². The molecule has 1 unspecified atom stereocenters. The molecule has 2 aromatic heterocycles. The standard InChI is InChI=1S/C21H29N7O2S/c1-16(18-8-5-9-19(26-18)25-17-7-6-10-23-13-17)27-15-21(24-14-20(27)22-2)28-11-3-4-12-31(28,29)30/h5,8-9,14-15,17,23H,1,3-4,6-7,10-13H2,2H3,(H,25,26). The molecule has 0 aromatic carbocycles. The molecule has 2 aromatic rings. The molecule has 0 amide bonds. The Morgan fingerprint density at radius 3 is 2.94 bits per heavy atom. The SMILES string of the molecule is C=C(c1cccc(NC2CCCNC2)n1)n1cc(N2CCCCS2(=O)=O)ncc1=NC. The Bertz CT molecular complexity index is 1120. The van der Waals surface area contributed by atoms with E-state index in [2.05, 4.69) is 27.2 Å². The number of sulfonamides is 1. The highest BCUT2D eigenvalue weighted by molar-refractivity contribution is 7.92. The molecule has 2 aliphatic heterocycles. The quantitative estimate of drug-likeness (QED) is 0.724. The molecule has 4 heterocycles. The molecule has 0 aliphatic carbocycles. The topological polar surface area (TPSA) is 105 Å². The van der Waals surface area contributed by atoms with Crippen LogP contribution in [0.1, 0.15) is 31.4 Å². The van der Waals surface area contributed by atoms with Gasteiger partial charge in [-0.25, -0.2) is 18.4 Å². The van der Waals surface area contributed by atoms with E-state index in [-0.39, 0.29) is 5.75 Å². The zero-order valence-electron chi connectivity index (χ0n) is 17.8. The van der Waals surface area contributed by atoms with Gasteiger partial charge in [0.1, 0.15) is 5.82 Å². The number of nitrogens with one attached hydrogen (secondary N) is 2. The normalized spacial score (nSPS) is 21.6. The van der Waals surface area contributed by atoms with E-state index in [0.717, 1.165) is 38.2 Å². The van der Waals surface area contributed by atoms with Crippen molar-refractivity contribution in [2.75, 3.05) is 42.1 Å². The van der Waals surface area contributed by atoms with Gasteiger partial charge < -0.3 is 10.6 Å². The predicted octanol–water partition coefficient (Wildman–Crippen LogP) is 1.42. The molecule has 0 radical (unpaired) electrons. The average Bonchev–Trinajstić information content (AvgIpc) is 2.79. The van der Waals surface area contributed by atoms with Crippen molar-refractivity contribution in [2.45, 2.75) is 31.7 Å².